The van der Waals surface area contributed by atoms with Gasteiger partial charge in [0.05, 0.1) is 0 Å². The zero-order valence-corrected chi connectivity index (χ0v) is 21.6. The first-order valence-corrected chi connectivity index (χ1v) is 12.8. The lowest BCUT2D eigenvalue weighted by molar-refractivity contribution is -0.150. The first-order valence-electron chi connectivity index (χ1n) is 11.9. The van der Waals surface area contributed by atoms with Crippen LogP contribution in [0.25, 0.3) is 0 Å². The second-order valence-corrected chi connectivity index (χ2v) is 11.3. The van der Waals surface area contributed by atoms with E-state index in [-0.39, 0.29) is 33.6 Å². The number of halogens is 1. The lowest BCUT2D eigenvalue weighted by atomic mass is 9.55. The second-order valence-electron chi connectivity index (χ2n) is 10.3. The van der Waals surface area contributed by atoms with E-state index in [1.807, 2.05) is 0 Å². The number of fused-ring (bicyclic) bond motifs is 5. The summed E-state index contributed by atoms with van der Waals surface area (Å²) < 4.78 is 9.47. The summed E-state index contributed by atoms with van der Waals surface area (Å²) in [6.45, 7) is 7.89. The Hall–Kier alpha value is -2.28. The van der Waals surface area contributed by atoms with E-state index in [2.05, 4.69) is 52.7 Å². The fraction of sp³-hybridized carbons (Fsp3) is 0.556. The van der Waals surface area contributed by atoms with E-state index >= 15 is 0 Å². The van der Waals surface area contributed by atoms with E-state index in [0.717, 1.165) is 44.3 Å². The van der Waals surface area contributed by atoms with Gasteiger partial charge in [-0.15, -0.1) is 0 Å². The molecule has 0 spiro atoms. The number of carbonyl (C=O) groups excluding carboxylic acids is 4. The summed E-state index contributed by atoms with van der Waals surface area (Å²) >= 11 is 3.96. The van der Waals surface area contributed by atoms with Crippen LogP contribution in [0.4, 0.5) is 0 Å². The van der Waals surface area contributed by atoms with Crippen molar-refractivity contribution in [1.29, 1.82) is 0 Å². The third-order valence-corrected chi connectivity index (χ3v) is 9.65. The van der Waals surface area contributed by atoms with Crippen LogP contribution in [-0.2, 0) is 28.7 Å². The zero-order chi connectivity index (χ0) is 24.8. The Balaban J connectivity index is 0.000000336. The molecule has 0 aromatic rings. The van der Waals surface area contributed by atoms with Gasteiger partial charge in [0.2, 0.25) is 0 Å². The molecule has 0 N–H and O–H groups in total. The van der Waals surface area contributed by atoms with E-state index in [0.29, 0.717) is 11.7 Å². The molecule has 0 aromatic heterocycles. The minimum absolute atomic E-state index is 0.000396. The van der Waals surface area contributed by atoms with Gasteiger partial charge in [0, 0.05) is 47.1 Å². The third kappa shape index (κ3) is 4.16. The smallest absolute Gasteiger partial charge is 0.338 e. The number of cyclic esters (lactones) is 2. The largest absolute Gasteiger partial charge is 0.462 e. The van der Waals surface area contributed by atoms with Crippen LogP contribution >= 0.6 is 15.9 Å². The number of ketones is 1. The van der Waals surface area contributed by atoms with E-state index < -0.39 is 11.9 Å². The van der Waals surface area contributed by atoms with Gasteiger partial charge < -0.3 is 9.47 Å². The van der Waals surface area contributed by atoms with Crippen LogP contribution in [0.5, 0.6) is 0 Å². The molecule has 182 valence electrons. The predicted molar refractivity (Wildman–Crippen MR) is 130 cm³/mol. The Morgan fingerprint density at radius 3 is 2.29 bits per heavy atom. The van der Waals surface area contributed by atoms with Gasteiger partial charge in [-0.25, -0.2) is 9.59 Å². The zero-order valence-electron chi connectivity index (χ0n) is 20.1. The highest BCUT2D eigenvalue weighted by Gasteiger charge is 2.57. The van der Waals surface area contributed by atoms with Crippen LogP contribution < -0.4 is 0 Å². The molecule has 0 amide bonds. The third-order valence-electron chi connectivity index (χ3n) is 8.40. The van der Waals surface area contributed by atoms with Crippen LogP contribution in [-0.4, -0.2) is 34.6 Å². The van der Waals surface area contributed by atoms with E-state index in [1.54, 1.807) is 6.92 Å². The SMILES string of the molecule is CC(=O)OC1CC[C@@]2(C)C(=CC=C3C2=CC(Br)[C@]2(C)[C@@H](C(C)=O)CC[C@@H]32)C1.O=C1C=CC(=O)O1. The molecule has 0 saturated heterocycles. The monoisotopic (exact) mass is 530 g/mol. The molecule has 0 bridgehead atoms. The molecule has 2 unspecified atom stereocenters. The number of allylic oxidation sites excluding steroid dienone is 5. The summed E-state index contributed by atoms with van der Waals surface area (Å²) in [5.74, 6) is -0.470. The molecular weight excluding hydrogens is 500 g/mol. The van der Waals surface area contributed by atoms with Crippen LogP contribution in [0.15, 0.2) is 47.1 Å². The average molecular weight is 531 g/mol. The molecular formula is C27H31BrO6. The molecule has 4 aliphatic carbocycles. The molecule has 2 saturated carbocycles. The Morgan fingerprint density at radius 1 is 1.06 bits per heavy atom. The van der Waals surface area contributed by atoms with Gasteiger partial charge in [-0.05, 0) is 49.7 Å². The summed E-state index contributed by atoms with van der Waals surface area (Å²) in [5, 5.41) is 0. The van der Waals surface area contributed by atoms with Crippen molar-refractivity contribution in [2.24, 2.45) is 22.7 Å². The van der Waals surface area contributed by atoms with Crippen molar-refractivity contribution in [1.82, 2.24) is 0 Å². The van der Waals surface area contributed by atoms with E-state index in [4.69, 9.17) is 4.74 Å². The lowest BCUT2D eigenvalue weighted by Crippen LogP contribution is -2.46. The summed E-state index contributed by atoms with van der Waals surface area (Å²) in [5.41, 5.74) is 4.23. The van der Waals surface area contributed by atoms with Gasteiger partial charge in [0.25, 0.3) is 0 Å². The molecule has 6 nitrogen and oxygen atoms in total. The Kier molecular flexibility index (Phi) is 6.62. The molecule has 5 rings (SSSR count). The Labute approximate surface area is 208 Å². The number of carbonyl (C=O) groups is 4. The van der Waals surface area contributed by atoms with Crippen molar-refractivity contribution in [2.45, 2.75) is 70.7 Å². The molecule has 5 aliphatic rings. The molecule has 7 heteroatoms. The highest BCUT2D eigenvalue weighted by molar-refractivity contribution is 9.09. The average Bonchev–Trinajstić information content (AvgIpc) is 3.32. The minimum Gasteiger partial charge on any atom is -0.462 e. The standard InChI is InChI=1S/C23H29BrO3.C4H2O3/c1-13(25)18-7-8-19-17-6-5-15-11-16(27-14(2)26)9-10-22(15,3)20(17)12-21(24)23(18,19)4;5-3-1-2-4(6)7-3/h5-6,12,16,18-19,21H,7-11H2,1-4H3;1-2H/t16?,18-,19+,21?,22+,23-;/m1./s1. The minimum atomic E-state index is -0.579. The van der Waals surface area contributed by atoms with Gasteiger partial charge in [-0.2, -0.15) is 0 Å². The van der Waals surface area contributed by atoms with Crippen LogP contribution in [0.3, 0.4) is 0 Å². The topological polar surface area (TPSA) is 86.7 Å². The van der Waals surface area contributed by atoms with E-state index in [9.17, 15) is 19.2 Å². The summed E-state index contributed by atoms with van der Waals surface area (Å²) in [6, 6.07) is 0. The van der Waals surface area contributed by atoms with Gasteiger partial charge >= 0.3 is 17.9 Å². The van der Waals surface area contributed by atoms with Gasteiger partial charge in [-0.1, -0.05) is 53.6 Å². The maximum Gasteiger partial charge on any atom is 0.338 e. The van der Waals surface area contributed by atoms with Crippen molar-refractivity contribution in [2.75, 3.05) is 0 Å². The Morgan fingerprint density at radius 2 is 1.74 bits per heavy atom. The van der Waals surface area contributed by atoms with Crippen LogP contribution in [0.2, 0.25) is 0 Å². The maximum absolute atomic E-state index is 12.3. The quantitative estimate of drug-likeness (QED) is 0.286. The first-order chi connectivity index (χ1) is 16.0. The molecule has 1 heterocycles. The number of hydrogen-bond acceptors (Lipinski definition) is 6. The number of esters is 3. The molecule has 1 aliphatic heterocycles. The first kappa shape index (κ1) is 24.8. The number of alkyl halides is 1. The summed E-state index contributed by atoms with van der Waals surface area (Å²) in [6.07, 6.45) is 13.9. The molecule has 2 fully saturated rings. The van der Waals surface area contributed by atoms with Gasteiger partial charge in [0.15, 0.2) is 0 Å². The van der Waals surface area contributed by atoms with Crippen molar-refractivity contribution in [3.8, 4) is 0 Å². The Bertz CT molecular complexity index is 1050. The lowest BCUT2D eigenvalue weighted by Gasteiger charge is -2.51. The number of rotatable bonds is 2. The molecule has 34 heavy (non-hydrogen) atoms. The normalized spacial score (nSPS) is 37.6. The van der Waals surface area contributed by atoms with Crippen LogP contribution in [0, 0.1) is 22.7 Å². The molecule has 0 aromatic carbocycles. The highest BCUT2D eigenvalue weighted by atomic mass is 79.9. The molecule has 6 atom stereocenters. The number of hydrogen-bond donors (Lipinski definition) is 0. The number of ether oxygens (including phenoxy) is 2. The van der Waals surface area contributed by atoms with Crippen molar-refractivity contribution in [3.63, 3.8) is 0 Å². The van der Waals surface area contributed by atoms with Crippen LogP contribution in [0.1, 0.15) is 59.8 Å². The van der Waals surface area contributed by atoms with E-state index in [1.165, 1.54) is 23.6 Å². The van der Waals surface area contributed by atoms with Gasteiger partial charge in [-0.3, -0.25) is 9.59 Å². The van der Waals surface area contributed by atoms with Gasteiger partial charge in [0.1, 0.15) is 11.9 Å². The highest BCUT2D eigenvalue weighted by Crippen LogP contribution is 2.64. The fourth-order valence-electron chi connectivity index (χ4n) is 6.60. The van der Waals surface area contributed by atoms with Crippen molar-refractivity contribution in [3.05, 3.63) is 47.1 Å². The predicted octanol–water partition coefficient (Wildman–Crippen LogP) is 4.93. The summed E-state index contributed by atoms with van der Waals surface area (Å²) in [4.78, 5) is 43.7. The van der Waals surface area contributed by atoms with Crippen molar-refractivity contribution < 1.29 is 28.7 Å². The number of Topliss-reactive ketones (excluding diaryl/α,β-unsaturated/α-hetero) is 1. The molecule has 0 radical (unpaired) electrons. The van der Waals surface area contributed by atoms with Crippen molar-refractivity contribution >= 4 is 39.6 Å². The maximum atomic E-state index is 12.3. The fourth-order valence-corrected chi connectivity index (χ4v) is 7.51. The summed E-state index contributed by atoms with van der Waals surface area (Å²) in [7, 11) is 0. The second kappa shape index (κ2) is 9.06.